The molecule has 190 valence electrons. The van der Waals surface area contributed by atoms with Crippen LogP contribution in [0.5, 0.6) is 0 Å². The molecule has 0 saturated heterocycles. The SMILES string of the molecule is CC1=CCC(C(C)=Cc2csc(C)n2)OC(=O)C[C@H](O)C(C)(C)C(=O)C(C)[C@@H](O)[C@@H](C)CCC1. The van der Waals surface area contributed by atoms with Crippen LogP contribution in [0.3, 0.4) is 0 Å². The van der Waals surface area contributed by atoms with Gasteiger partial charge in [0.05, 0.1) is 34.7 Å². The highest BCUT2D eigenvalue weighted by Crippen LogP contribution is 2.32. The average molecular weight is 492 g/mol. The number of carbonyl (C=O) groups is 2. The molecule has 1 aromatic rings. The summed E-state index contributed by atoms with van der Waals surface area (Å²) in [5.74, 6) is -1.49. The minimum Gasteiger partial charge on any atom is -0.457 e. The maximum absolute atomic E-state index is 13.2. The van der Waals surface area contributed by atoms with Gasteiger partial charge in [0.1, 0.15) is 11.9 Å². The summed E-state index contributed by atoms with van der Waals surface area (Å²) in [4.78, 5) is 30.5. The van der Waals surface area contributed by atoms with Crippen LogP contribution in [0, 0.1) is 24.2 Å². The minimum atomic E-state index is -1.21. The largest absolute Gasteiger partial charge is 0.457 e. The number of aliphatic hydroxyl groups is 2. The van der Waals surface area contributed by atoms with Gasteiger partial charge in [-0.15, -0.1) is 11.3 Å². The van der Waals surface area contributed by atoms with E-state index in [0.717, 1.165) is 35.5 Å². The minimum absolute atomic E-state index is 0.0444. The van der Waals surface area contributed by atoms with Crippen molar-refractivity contribution < 1.29 is 24.5 Å². The molecule has 0 saturated carbocycles. The van der Waals surface area contributed by atoms with Crippen molar-refractivity contribution in [1.29, 1.82) is 0 Å². The highest BCUT2D eigenvalue weighted by molar-refractivity contribution is 7.09. The van der Waals surface area contributed by atoms with Gasteiger partial charge in [-0.3, -0.25) is 9.59 Å². The number of esters is 1. The zero-order chi connectivity index (χ0) is 25.6. The molecule has 1 aliphatic rings. The molecule has 1 aliphatic heterocycles. The van der Waals surface area contributed by atoms with Crippen molar-refractivity contribution in [2.75, 3.05) is 0 Å². The fourth-order valence-corrected chi connectivity index (χ4v) is 4.97. The standard InChI is InChI=1S/C27H41NO5S/c1-16-9-8-10-17(2)25(31)19(4)26(32)27(6,7)23(29)14-24(30)33-22(12-11-16)18(3)13-21-15-34-20(5)28-21/h11,13,15,17,19,22-23,25,29,31H,8-10,12,14H2,1-7H3/t17-,19?,22?,23-,25-/m0/s1. The quantitative estimate of drug-likeness (QED) is 0.432. The lowest BCUT2D eigenvalue weighted by atomic mass is 9.73. The second kappa shape index (κ2) is 12.2. The van der Waals surface area contributed by atoms with Crippen LogP contribution in [-0.4, -0.2) is 45.3 Å². The van der Waals surface area contributed by atoms with Crippen LogP contribution < -0.4 is 0 Å². The fraction of sp³-hybridized carbons (Fsp3) is 0.667. The van der Waals surface area contributed by atoms with E-state index in [9.17, 15) is 19.8 Å². The molecule has 0 aliphatic carbocycles. The Balaban J connectivity index is 2.33. The monoisotopic (exact) mass is 491 g/mol. The third-order valence-corrected chi connectivity index (χ3v) is 7.83. The number of allylic oxidation sites excluding steroid dienone is 1. The number of aromatic nitrogens is 1. The zero-order valence-electron chi connectivity index (χ0n) is 21.6. The van der Waals surface area contributed by atoms with Crippen LogP contribution in [0.1, 0.15) is 84.3 Å². The van der Waals surface area contributed by atoms with E-state index < -0.39 is 35.6 Å². The first-order valence-corrected chi connectivity index (χ1v) is 13.1. The average Bonchev–Trinajstić information content (AvgIpc) is 3.18. The summed E-state index contributed by atoms with van der Waals surface area (Å²) in [6.07, 6.45) is 4.33. The van der Waals surface area contributed by atoms with E-state index in [-0.39, 0.29) is 18.1 Å². The van der Waals surface area contributed by atoms with E-state index >= 15 is 0 Å². The maximum atomic E-state index is 13.2. The van der Waals surface area contributed by atoms with Gasteiger partial charge in [0.2, 0.25) is 0 Å². The molecular formula is C27H41NO5S. The van der Waals surface area contributed by atoms with E-state index in [2.05, 4.69) is 18.0 Å². The first kappa shape index (κ1) is 28.4. The molecule has 2 heterocycles. The van der Waals surface area contributed by atoms with Crippen molar-refractivity contribution in [3.63, 3.8) is 0 Å². The Morgan fingerprint density at radius 3 is 2.53 bits per heavy atom. The van der Waals surface area contributed by atoms with E-state index in [1.807, 2.05) is 32.2 Å². The summed E-state index contributed by atoms with van der Waals surface area (Å²) >= 11 is 1.56. The molecule has 0 aromatic carbocycles. The molecule has 34 heavy (non-hydrogen) atoms. The first-order chi connectivity index (χ1) is 15.8. The molecule has 0 bridgehead atoms. The zero-order valence-corrected chi connectivity index (χ0v) is 22.4. The predicted molar refractivity (Wildman–Crippen MR) is 136 cm³/mol. The van der Waals surface area contributed by atoms with Gasteiger partial charge in [-0.25, -0.2) is 4.98 Å². The Labute approximate surface area is 208 Å². The third-order valence-electron chi connectivity index (χ3n) is 7.04. The van der Waals surface area contributed by atoms with Gasteiger partial charge in [0, 0.05) is 17.7 Å². The Morgan fingerprint density at radius 1 is 1.24 bits per heavy atom. The van der Waals surface area contributed by atoms with E-state index in [1.165, 1.54) is 5.57 Å². The number of Topliss-reactive ketones (excluding diaryl/α,β-unsaturated/α-hetero) is 1. The van der Waals surface area contributed by atoms with Gasteiger partial charge in [0.15, 0.2) is 0 Å². The number of carbonyl (C=O) groups excluding carboxylic acids is 2. The number of cyclic esters (lactones) is 1. The lowest BCUT2D eigenvalue weighted by Crippen LogP contribution is -2.45. The van der Waals surface area contributed by atoms with Crippen LogP contribution in [0.15, 0.2) is 22.6 Å². The van der Waals surface area contributed by atoms with Crippen molar-refractivity contribution in [3.05, 3.63) is 33.3 Å². The van der Waals surface area contributed by atoms with Crippen LogP contribution >= 0.6 is 11.3 Å². The van der Waals surface area contributed by atoms with Crippen molar-refractivity contribution in [2.45, 2.75) is 98.9 Å². The molecule has 0 fully saturated rings. The molecule has 7 heteroatoms. The fourth-order valence-electron chi connectivity index (χ4n) is 4.40. The Kier molecular flexibility index (Phi) is 10.2. The molecule has 6 nitrogen and oxygen atoms in total. The van der Waals surface area contributed by atoms with Crippen molar-refractivity contribution in [1.82, 2.24) is 4.98 Å². The second-order valence-electron chi connectivity index (χ2n) is 10.4. The van der Waals surface area contributed by atoms with Gasteiger partial charge >= 0.3 is 5.97 Å². The highest BCUT2D eigenvalue weighted by Gasteiger charge is 2.42. The van der Waals surface area contributed by atoms with Gasteiger partial charge in [-0.2, -0.15) is 0 Å². The highest BCUT2D eigenvalue weighted by atomic mass is 32.1. The molecule has 5 atom stereocenters. The van der Waals surface area contributed by atoms with E-state index in [1.54, 1.807) is 32.1 Å². The molecule has 0 radical (unpaired) electrons. The molecular weight excluding hydrogens is 450 g/mol. The Bertz CT molecular complexity index is 916. The summed E-state index contributed by atoms with van der Waals surface area (Å²) in [7, 11) is 0. The van der Waals surface area contributed by atoms with Crippen LogP contribution in [0.2, 0.25) is 0 Å². The smallest absolute Gasteiger partial charge is 0.309 e. The lowest BCUT2D eigenvalue weighted by Gasteiger charge is -2.34. The van der Waals surface area contributed by atoms with Gasteiger partial charge in [-0.1, -0.05) is 39.3 Å². The molecule has 2 unspecified atom stereocenters. The summed E-state index contributed by atoms with van der Waals surface area (Å²) < 4.78 is 5.81. The molecule has 0 amide bonds. The number of aryl methyl sites for hydroxylation is 1. The number of rotatable bonds is 2. The number of thiazole rings is 1. The molecule has 2 N–H and O–H groups in total. The third kappa shape index (κ3) is 7.59. The summed E-state index contributed by atoms with van der Waals surface area (Å²) in [5, 5.41) is 24.5. The van der Waals surface area contributed by atoms with Gasteiger partial charge < -0.3 is 14.9 Å². The maximum Gasteiger partial charge on any atom is 0.309 e. The van der Waals surface area contributed by atoms with Crippen molar-refractivity contribution >= 4 is 29.2 Å². The topological polar surface area (TPSA) is 96.7 Å². The summed E-state index contributed by atoms with van der Waals surface area (Å²) in [6.45, 7) is 12.8. The Hall–Kier alpha value is -1.83. The molecule has 0 spiro atoms. The normalized spacial score (nSPS) is 30.6. The Morgan fingerprint density at radius 2 is 1.91 bits per heavy atom. The number of nitrogens with zero attached hydrogens (tertiary/aromatic N) is 1. The summed E-state index contributed by atoms with van der Waals surface area (Å²) in [5.41, 5.74) is 1.71. The first-order valence-electron chi connectivity index (χ1n) is 12.2. The predicted octanol–water partition coefficient (Wildman–Crippen LogP) is 5.27. The summed E-state index contributed by atoms with van der Waals surface area (Å²) in [6, 6.07) is 0. The number of ether oxygens (including phenoxy) is 1. The number of ketones is 1. The van der Waals surface area contributed by atoms with Gasteiger partial charge in [0.25, 0.3) is 0 Å². The molecule has 1 aromatic heterocycles. The van der Waals surface area contributed by atoms with E-state index in [4.69, 9.17) is 4.74 Å². The van der Waals surface area contributed by atoms with Crippen LogP contribution in [0.4, 0.5) is 0 Å². The van der Waals surface area contributed by atoms with Crippen LogP contribution in [0.25, 0.3) is 6.08 Å². The number of hydrogen-bond acceptors (Lipinski definition) is 7. The van der Waals surface area contributed by atoms with Gasteiger partial charge in [-0.05, 0) is 57.6 Å². The number of aliphatic hydroxyl groups excluding tert-OH is 2. The van der Waals surface area contributed by atoms with Crippen molar-refractivity contribution in [3.8, 4) is 0 Å². The number of hydrogen-bond donors (Lipinski definition) is 2. The lowest BCUT2D eigenvalue weighted by molar-refractivity contribution is -0.154. The van der Waals surface area contributed by atoms with Crippen LogP contribution in [-0.2, 0) is 14.3 Å². The molecule has 2 rings (SSSR count). The van der Waals surface area contributed by atoms with E-state index in [0.29, 0.717) is 6.42 Å². The van der Waals surface area contributed by atoms with Crippen molar-refractivity contribution in [2.24, 2.45) is 17.3 Å². The second-order valence-corrected chi connectivity index (χ2v) is 11.5.